The number of carbonyl (C=O) groups excluding carboxylic acids is 3. The lowest BCUT2D eigenvalue weighted by molar-refractivity contribution is -0.136. The number of amides is 3. The van der Waals surface area contributed by atoms with Gasteiger partial charge in [0, 0.05) is 37.0 Å². The SMILES string of the molecule is O=C1CCC(N2Cc3c(cc(F)cc3C3CCN(Cc4ccc[nH]4)CC3)C2=O)C(=O)N1. The summed E-state index contributed by atoms with van der Waals surface area (Å²) < 4.78 is 14.5. The fourth-order valence-corrected chi connectivity index (χ4v) is 5.13. The van der Waals surface area contributed by atoms with Crippen LogP contribution in [0.25, 0.3) is 0 Å². The summed E-state index contributed by atoms with van der Waals surface area (Å²) >= 11 is 0. The Bertz CT molecular complexity index is 1030. The highest BCUT2D eigenvalue weighted by Gasteiger charge is 2.41. The highest BCUT2D eigenvalue weighted by atomic mass is 19.1. The van der Waals surface area contributed by atoms with Gasteiger partial charge in [-0.05, 0) is 73.7 Å². The van der Waals surface area contributed by atoms with Crippen molar-refractivity contribution < 1.29 is 18.8 Å². The normalized spacial score (nSPS) is 22.7. The van der Waals surface area contributed by atoms with Gasteiger partial charge in [0.15, 0.2) is 0 Å². The first-order valence-electron chi connectivity index (χ1n) is 10.8. The Morgan fingerprint density at radius 3 is 2.61 bits per heavy atom. The molecule has 8 heteroatoms. The number of hydrogen-bond acceptors (Lipinski definition) is 4. The number of benzene rings is 1. The number of carbonyl (C=O) groups is 3. The quantitative estimate of drug-likeness (QED) is 0.738. The smallest absolute Gasteiger partial charge is 0.255 e. The number of nitrogens with one attached hydrogen (secondary N) is 2. The molecule has 2 aromatic rings. The van der Waals surface area contributed by atoms with Crippen LogP contribution in [0, 0.1) is 5.82 Å². The minimum atomic E-state index is -0.684. The fourth-order valence-electron chi connectivity index (χ4n) is 5.13. The molecule has 3 aliphatic heterocycles. The molecule has 4 heterocycles. The second-order valence-corrected chi connectivity index (χ2v) is 8.67. The van der Waals surface area contributed by atoms with E-state index in [0.29, 0.717) is 18.5 Å². The summed E-state index contributed by atoms with van der Waals surface area (Å²) in [5.41, 5.74) is 3.25. The number of nitrogens with zero attached hydrogens (tertiary/aromatic N) is 2. The van der Waals surface area contributed by atoms with Crippen molar-refractivity contribution >= 4 is 17.7 Å². The van der Waals surface area contributed by atoms with E-state index in [1.54, 1.807) is 6.07 Å². The van der Waals surface area contributed by atoms with E-state index in [1.165, 1.54) is 16.7 Å². The van der Waals surface area contributed by atoms with Crippen molar-refractivity contribution in [2.45, 2.75) is 50.7 Å². The summed E-state index contributed by atoms with van der Waals surface area (Å²) in [4.78, 5) is 43.9. The van der Waals surface area contributed by atoms with E-state index in [9.17, 15) is 18.8 Å². The van der Waals surface area contributed by atoms with Crippen LogP contribution in [0.2, 0.25) is 0 Å². The minimum Gasteiger partial charge on any atom is -0.364 e. The van der Waals surface area contributed by atoms with Crippen LogP contribution in [-0.4, -0.2) is 51.6 Å². The summed E-state index contributed by atoms with van der Waals surface area (Å²) in [7, 11) is 0. The second-order valence-electron chi connectivity index (χ2n) is 8.67. The van der Waals surface area contributed by atoms with Gasteiger partial charge in [0.2, 0.25) is 11.8 Å². The second kappa shape index (κ2) is 7.92. The van der Waals surface area contributed by atoms with Gasteiger partial charge in [-0.3, -0.25) is 24.6 Å². The van der Waals surface area contributed by atoms with Gasteiger partial charge in [-0.15, -0.1) is 0 Å². The highest BCUT2D eigenvalue weighted by molar-refractivity contribution is 6.05. The first-order chi connectivity index (χ1) is 15.0. The molecule has 1 atom stereocenters. The number of halogens is 1. The Labute approximate surface area is 179 Å². The largest absolute Gasteiger partial charge is 0.364 e. The molecule has 3 aliphatic rings. The minimum absolute atomic E-state index is 0.179. The molecule has 2 N–H and O–H groups in total. The van der Waals surface area contributed by atoms with Crippen molar-refractivity contribution in [1.29, 1.82) is 0 Å². The molecule has 162 valence electrons. The number of imide groups is 1. The molecule has 1 aromatic carbocycles. The number of hydrogen-bond donors (Lipinski definition) is 2. The molecule has 0 radical (unpaired) electrons. The molecular weight excluding hydrogens is 399 g/mol. The fraction of sp³-hybridized carbons (Fsp3) is 0.435. The zero-order valence-corrected chi connectivity index (χ0v) is 17.2. The molecule has 0 spiro atoms. The topological polar surface area (TPSA) is 85.5 Å². The molecule has 0 bridgehead atoms. The van der Waals surface area contributed by atoms with Crippen molar-refractivity contribution in [3.63, 3.8) is 0 Å². The van der Waals surface area contributed by atoms with Crippen molar-refractivity contribution in [3.05, 3.63) is 58.7 Å². The molecule has 1 aromatic heterocycles. The lowest BCUT2D eigenvalue weighted by atomic mass is 9.85. The van der Waals surface area contributed by atoms with E-state index in [4.69, 9.17) is 0 Å². The van der Waals surface area contributed by atoms with Crippen molar-refractivity contribution in [2.75, 3.05) is 13.1 Å². The average Bonchev–Trinajstić information content (AvgIpc) is 3.37. The van der Waals surface area contributed by atoms with Gasteiger partial charge < -0.3 is 9.88 Å². The summed E-state index contributed by atoms with van der Waals surface area (Å²) in [6, 6.07) is 6.22. The number of rotatable bonds is 4. The predicted molar refractivity (Wildman–Crippen MR) is 110 cm³/mol. The zero-order chi connectivity index (χ0) is 21.5. The number of aromatic amines is 1. The van der Waals surface area contributed by atoms with Gasteiger partial charge in [-0.25, -0.2) is 4.39 Å². The standard InChI is InChI=1S/C23H25FN4O3/c24-15-10-17(14-5-8-27(9-6-14)12-16-2-1-7-25-16)19-13-28(23(31)18(19)11-15)20-3-4-21(29)26-22(20)30/h1-2,7,10-11,14,20,25H,3-6,8-9,12-13H2,(H,26,29,30). The van der Waals surface area contributed by atoms with E-state index in [2.05, 4.69) is 21.3 Å². The Kier molecular flexibility index (Phi) is 5.09. The van der Waals surface area contributed by atoms with Crippen LogP contribution in [0.3, 0.4) is 0 Å². The maximum atomic E-state index is 14.5. The number of piperidine rings is 2. The van der Waals surface area contributed by atoms with Gasteiger partial charge in [0.05, 0.1) is 0 Å². The number of H-pyrrole nitrogens is 1. The van der Waals surface area contributed by atoms with E-state index >= 15 is 0 Å². The van der Waals surface area contributed by atoms with Gasteiger partial charge in [0.25, 0.3) is 5.91 Å². The van der Waals surface area contributed by atoms with E-state index in [0.717, 1.165) is 43.6 Å². The van der Waals surface area contributed by atoms with Crippen LogP contribution < -0.4 is 5.32 Å². The Hall–Kier alpha value is -3.00. The Morgan fingerprint density at radius 2 is 1.90 bits per heavy atom. The average molecular weight is 424 g/mol. The molecule has 2 fully saturated rings. The molecule has 5 rings (SSSR count). The molecular formula is C23H25FN4O3. The van der Waals surface area contributed by atoms with Crippen LogP contribution in [0.4, 0.5) is 4.39 Å². The third kappa shape index (κ3) is 3.76. The maximum absolute atomic E-state index is 14.5. The van der Waals surface area contributed by atoms with Gasteiger partial charge in [0.1, 0.15) is 11.9 Å². The zero-order valence-electron chi connectivity index (χ0n) is 17.2. The van der Waals surface area contributed by atoms with Gasteiger partial charge >= 0.3 is 0 Å². The molecule has 2 saturated heterocycles. The molecule has 7 nitrogen and oxygen atoms in total. The number of aromatic nitrogens is 1. The lowest BCUT2D eigenvalue weighted by Gasteiger charge is -2.33. The van der Waals surface area contributed by atoms with Gasteiger partial charge in [-0.1, -0.05) is 0 Å². The lowest BCUT2D eigenvalue weighted by Crippen LogP contribution is -2.52. The summed E-state index contributed by atoms with van der Waals surface area (Å²) in [5, 5.41) is 2.31. The summed E-state index contributed by atoms with van der Waals surface area (Å²) in [6.07, 6.45) is 4.21. The molecule has 0 aliphatic carbocycles. The number of likely N-dealkylation sites (tertiary alicyclic amines) is 1. The van der Waals surface area contributed by atoms with Crippen molar-refractivity contribution in [2.24, 2.45) is 0 Å². The van der Waals surface area contributed by atoms with Gasteiger partial charge in [-0.2, -0.15) is 0 Å². The van der Waals surface area contributed by atoms with Crippen LogP contribution in [0.1, 0.15) is 58.8 Å². The first kappa shape index (κ1) is 19.9. The van der Waals surface area contributed by atoms with E-state index in [-0.39, 0.29) is 24.2 Å². The number of fused-ring (bicyclic) bond motifs is 1. The summed E-state index contributed by atoms with van der Waals surface area (Å²) in [5.74, 6) is -1.32. The highest BCUT2D eigenvalue weighted by Crippen LogP contribution is 2.37. The maximum Gasteiger partial charge on any atom is 0.255 e. The predicted octanol–water partition coefficient (Wildman–Crippen LogP) is 2.29. The van der Waals surface area contributed by atoms with Crippen molar-refractivity contribution in [3.8, 4) is 0 Å². The van der Waals surface area contributed by atoms with Crippen LogP contribution in [0.5, 0.6) is 0 Å². The monoisotopic (exact) mass is 424 g/mol. The van der Waals surface area contributed by atoms with E-state index < -0.39 is 17.8 Å². The summed E-state index contributed by atoms with van der Waals surface area (Å²) in [6.45, 7) is 2.96. The molecule has 1 unspecified atom stereocenters. The third-order valence-corrected chi connectivity index (χ3v) is 6.74. The molecule has 31 heavy (non-hydrogen) atoms. The Balaban J connectivity index is 1.34. The van der Waals surface area contributed by atoms with Crippen LogP contribution >= 0.6 is 0 Å². The first-order valence-corrected chi connectivity index (χ1v) is 10.8. The van der Waals surface area contributed by atoms with E-state index in [1.807, 2.05) is 12.3 Å². The molecule has 3 amide bonds. The third-order valence-electron chi connectivity index (χ3n) is 6.74. The van der Waals surface area contributed by atoms with Crippen molar-refractivity contribution in [1.82, 2.24) is 20.1 Å². The molecule has 0 saturated carbocycles. The van der Waals surface area contributed by atoms with Crippen LogP contribution in [0.15, 0.2) is 30.5 Å². The Morgan fingerprint density at radius 1 is 1.10 bits per heavy atom. The van der Waals surface area contributed by atoms with Crippen LogP contribution in [-0.2, 0) is 22.7 Å².